The average Bonchev–Trinajstić information content (AvgIpc) is 3.03. The SMILES string of the molecule is CCn1nc(C)cc1C(=O)NCc1ccccc1Oc1ccc(C)cc1. The summed E-state index contributed by atoms with van der Waals surface area (Å²) in [6, 6.07) is 17.4. The van der Waals surface area contributed by atoms with Crippen molar-refractivity contribution < 1.29 is 9.53 Å². The van der Waals surface area contributed by atoms with Crippen molar-refractivity contribution in [1.29, 1.82) is 0 Å². The fourth-order valence-corrected chi connectivity index (χ4v) is 2.72. The van der Waals surface area contributed by atoms with Crippen LogP contribution in [0.5, 0.6) is 11.5 Å². The van der Waals surface area contributed by atoms with E-state index in [0.717, 1.165) is 22.8 Å². The Morgan fingerprint density at radius 3 is 2.58 bits per heavy atom. The number of para-hydroxylation sites is 1. The predicted molar refractivity (Wildman–Crippen MR) is 102 cm³/mol. The number of aryl methyl sites for hydroxylation is 3. The van der Waals surface area contributed by atoms with Crippen LogP contribution in [0.3, 0.4) is 0 Å². The highest BCUT2D eigenvalue weighted by Crippen LogP contribution is 2.25. The second-order valence-corrected chi connectivity index (χ2v) is 6.19. The van der Waals surface area contributed by atoms with Gasteiger partial charge in [0.05, 0.1) is 5.69 Å². The molecule has 0 bridgehead atoms. The molecule has 1 amide bonds. The molecule has 134 valence electrons. The predicted octanol–water partition coefficient (Wildman–Crippen LogP) is 4.24. The molecule has 3 rings (SSSR count). The lowest BCUT2D eigenvalue weighted by Crippen LogP contribution is -2.25. The Morgan fingerprint density at radius 1 is 1.12 bits per heavy atom. The molecular formula is C21H23N3O2. The summed E-state index contributed by atoms with van der Waals surface area (Å²) in [5.41, 5.74) is 3.50. The van der Waals surface area contributed by atoms with Gasteiger partial charge in [-0.2, -0.15) is 5.10 Å². The fourth-order valence-electron chi connectivity index (χ4n) is 2.72. The van der Waals surface area contributed by atoms with Crippen LogP contribution in [0.4, 0.5) is 0 Å². The minimum atomic E-state index is -0.141. The van der Waals surface area contributed by atoms with Crippen LogP contribution in [0.2, 0.25) is 0 Å². The summed E-state index contributed by atoms with van der Waals surface area (Å²) in [5.74, 6) is 1.36. The zero-order valence-electron chi connectivity index (χ0n) is 15.3. The summed E-state index contributed by atoms with van der Waals surface area (Å²) in [7, 11) is 0. The number of nitrogens with one attached hydrogen (secondary N) is 1. The summed E-state index contributed by atoms with van der Waals surface area (Å²) < 4.78 is 7.69. The zero-order chi connectivity index (χ0) is 18.5. The van der Waals surface area contributed by atoms with E-state index in [9.17, 15) is 4.79 Å². The van der Waals surface area contributed by atoms with Gasteiger partial charge in [-0.05, 0) is 45.0 Å². The maximum atomic E-state index is 12.5. The van der Waals surface area contributed by atoms with E-state index in [1.807, 2.05) is 69.3 Å². The molecule has 5 heteroatoms. The summed E-state index contributed by atoms with van der Waals surface area (Å²) in [6.45, 7) is 6.93. The highest BCUT2D eigenvalue weighted by Gasteiger charge is 2.14. The van der Waals surface area contributed by atoms with Crippen molar-refractivity contribution in [3.05, 3.63) is 77.1 Å². The molecular weight excluding hydrogens is 326 g/mol. The first-order chi connectivity index (χ1) is 12.6. The van der Waals surface area contributed by atoms with Crippen molar-refractivity contribution in [3.8, 4) is 11.5 Å². The van der Waals surface area contributed by atoms with Crippen LogP contribution < -0.4 is 10.1 Å². The van der Waals surface area contributed by atoms with E-state index in [1.165, 1.54) is 5.56 Å². The molecule has 0 atom stereocenters. The number of hydrogen-bond acceptors (Lipinski definition) is 3. The maximum Gasteiger partial charge on any atom is 0.269 e. The number of amides is 1. The van der Waals surface area contributed by atoms with Crippen molar-refractivity contribution in [3.63, 3.8) is 0 Å². The Balaban J connectivity index is 1.72. The highest BCUT2D eigenvalue weighted by molar-refractivity contribution is 5.92. The zero-order valence-corrected chi connectivity index (χ0v) is 15.3. The molecule has 0 radical (unpaired) electrons. The molecule has 0 unspecified atom stereocenters. The lowest BCUT2D eigenvalue weighted by Gasteiger charge is -2.12. The minimum Gasteiger partial charge on any atom is -0.457 e. The Kier molecular flexibility index (Phi) is 5.37. The topological polar surface area (TPSA) is 56.2 Å². The highest BCUT2D eigenvalue weighted by atomic mass is 16.5. The Bertz CT molecular complexity index is 898. The van der Waals surface area contributed by atoms with Crippen LogP contribution in [-0.4, -0.2) is 15.7 Å². The number of ether oxygens (including phenoxy) is 1. The molecule has 0 aliphatic rings. The van der Waals surface area contributed by atoms with E-state index in [2.05, 4.69) is 10.4 Å². The Labute approximate surface area is 153 Å². The molecule has 1 N–H and O–H groups in total. The van der Waals surface area contributed by atoms with Crippen molar-refractivity contribution >= 4 is 5.91 Å². The van der Waals surface area contributed by atoms with Gasteiger partial charge >= 0.3 is 0 Å². The second kappa shape index (κ2) is 7.87. The normalized spacial score (nSPS) is 10.6. The van der Waals surface area contributed by atoms with Crippen molar-refractivity contribution in [2.45, 2.75) is 33.9 Å². The van der Waals surface area contributed by atoms with E-state index in [4.69, 9.17) is 4.74 Å². The molecule has 0 spiro atoms. The minimum absolute atomic E-state index is 0.141. The lowest BCUT2D eigenvalue weighted by molar-refractivity contribution is 0.0940. The first-order valence-electron chi connectivity index (χ1n) is 8.72. The molecule has 3 aromatic rings. The summed E-state index contributed by atoms with van der Waals surface area (Å²) >= 11 is 0. The van der Waals surface area contributed by atoms with Gasteiger partial charge in [0.1, 0.15) is 17.2 Å². The monoisotopic (exact) mass is 349 g/mol. The van der Waals surface area contributed by atoms with E-state index in [0.29, 0.717) is 18.8 Å². The van der Waals surface area contributed by atoms with Crippen LogP contribution in [0.1, 0.15) is 34.2 Å². The van der Waals surface area contributed by atoms with E-state index >= 15 is 0 Å². The van der Waals surface area contributed by atoms with Gasteiger partial charge in [-0.1, -0.05) is 35.9 Å². The fraction of sp³-hybridized carbons (Fsp3) is 0.238. The smallest absolute Gasteiger partial charge is 0.269 e. The molecule has 0 aliphatic carbocycles. The second-order valence-electron chi connectivity index (χ2n) is 6.19. The summed E-state index contributed by atoms with van der Waals surface area (Å²) in [5, 5.41) is 7.28. The maximum absolute atomic E-state index is 12.5. The molecule has 1 aromatic heterocycles. The van der Waals surface area contributed by atoms with E-state index in [1.54, 1.807) is 10.7 Å². The van der Waals surface area contributed by atoms with Crippen molar-refractivity contribution in [1.82, 2.24) is 15.1 Å². The van der Waals surface area contributed by atoms with E-state index < -0.39 is 0 Å². The van der Waals surface area contributed by atoms with Crippen LogP contribution in [0.25, 0.3) is 0 Å². The van der Waals surface area contributed by atoms with Crippen LogP contribution in [0.15, 0.2) is 54.6 Å². The van der Waals surface area contributed by atoms with Gasteiger partial charge in [0.2, 0.25) is 0 Å². The van der Waals surface area contributed by atoms with Gasteiger partial charge in [-0.25, -0.2) is 0 Å². The number of nitrogens with zero attached hydrogens (tertiary/aromatic N) is 2. The van der Waals surface area contributed by atoms with Gasteiger partial charge in [-0.3, -0.25) is 9.48 Å². The molecule has 1 heterocycles. The first kappa shape index (κ1) is 17.7. The standard InChI is InChI=1S/C21H23N3O2/c1-4-24-19(13-16(3)23-24)21(25)22-14-17-7-5-6-8-20(17)26-18-11-9-15(2)10-12-18/h5-13H,4,14H2,1-3H3,(H,22,25). The molecule has 0 fully saturated rings. The number of carbonyl (C=O) groups excluding carboxylic acids is 1. The third-order valence-electron chi connectivity index (χ3n) is 4.10. The molecule has 26 heavy (non-hydrogen) atoms. The van der Waals surface area contributed by atoms with E-state index in [-0.39, 0.29) is 5.91 Å². The Hall–Kier alpha value is -3.08. The number of carbonyl (C=O) groups is 1. The van der Waals surface area contributed by atoms with Crippen molar-refractivity contribution in [2.75, 3.05) is 0 Å². The third kappa shape index (κ3) is 4.11. The molecule has 2 aromatic carbocycles. The van der Waals surface area contributed by atoms with Gasteiger partial charge < -0.3 is 10.1 Å². The van der Waals surface area contributed by atoms with Gasteiger partial charge in [0.15, 0.2) is 0 Å². The summed E-state index contributed by atoms with van der Waals surface area (Å²) in [6.07, 6.45) is 0. The quantitative estimate of drug-likeness (QED) is 0.724. The molecule has 0 aliphatic heterocycles. The number of aromatic nitrogens is 2. The number of rotatable bonds is 6. The van der Waals surface area contributed by atoms with Crippen LogP contribution >= 0.6 is 0 Å². The van der Waals surface area contributed by atoms with Gasteiger partial charge in [-0.15, -0.1) is 0 Å². The average molecular weight is 349 g/mol. The number of hydrogen-bond donors (Lipinski definition) is 1. The van der Waals surface area contributed by atoms with Gasteiger partial charge in [0.25, 0.3) is 5.91 Å². The van der Waals surface area contributed by atoms with Crippen LogP contribution in [-0.2, 0) is 13.1 Å². The molecule has 0 saturated heterocycles. The van der Waals surface area contributed by atoms with Crippen LogP contribution in [0, 0.1) is 13.8 Å². The third-order valence-corrected chi connectivity index (χ3v) is 4.10. The molecule has 0 saturated carbocycles. The first-order valence-corrected chi connectivity index (χ1v) is 8.72. The largest absolute Gasteiger partial charge is 0.457 e. The Morgan fingerprint density at radius 2 is 1.85 bits per heavy atom. The lowest BCUT2D eigenvalue weighted by atomic mass is 10.2. The summed E-state index contributed by atoms with van der Waals surface area (Å²) in [4.78, 5) is 12.5. The van der Waals surface area contributed by atoms with Gasteiger partial charge in [0, 0.05) is 18.7 Å². The molecule has 5 nitrogen and oxygen atoms in total. The van der Waals surface area contributed by atoms with Crippen molar-refractivity contribution in [2.24, 2.45) is 0 Å². The number of benzene rings is 2.